The standard InChI is InChI=1S/C22H16ClN3O4S/c23-16-9-14-11-28-13-30-19(14)15(10-16)12-29-22(27)20-24-21(18-7-4-8-31-18)26(25-20)17-5-2-1-3-6-17/h1-10H,11-13H2. The number of hydrogen-bond donors (Lipinski definition) is 0. The summed E-state index contributed by atoms with van der Waals surface area (Å²) in [6.07, 6.45) is 0. The fraction of sp³-hybridized carbons (Fsp3) is 0.136. The first kappa shape index (κ1) is 19.7. The number of thiophene rings is 1. The third-order valence-electron chi connectivity index (χ3n) is 4.64. The number of benzene rings is 2. The van der Waals surface area contributed by atoms with Crippen molar-refractivity contribution in [3.8, 4) is 22.1 Å². The van der Waals surface area contributed by atoms with Gasteiger partial charge in [-0.15, -0.1) is 16.4 Å². The number of halogens is 1. The lowest BCUT2D eigenvalue weighted by atomic mass is 10.1. The first-order valence-corrected chi connectivity index (χ1v) is 10.7. The second kappa shape index (κ2) is 8.50. The molecule has 156 valence electrons. The van der Waals surface area contributed by atoms with E-state index in [0.29, 0.717) is 28.8 Å². The average molecular weight is 454 g/mol. The Morgan fingerprint density at radius 2 is 2.06 bits per heavy atom. The van der Waals surface area contributed by atoms with Crippen LogP contribution in [0.1, 0.15) is 21.7 Å². The monoisotopic (exact) mass is 453 g/mol. The van der Waals surface area contributed by atoms with Crippen molar-refractivity contribution >= 4 is 28.9 Å². The average Bonchev–Trinajstić information content (AvgIpc) is 3.47. The van der Waals surface area contributed by atoms with Gasteiger partial charge in [-0.2, -0.15) is 4.98 Å². The van der Waals surface area contributed by atoms with Gasteiger partial charge in [-0.05, 0) is 35.7 Å². The lowest BCUT2D eigenvalue weighted by Gasteiger charge is -2.20. The third-order valence-corrected chi connectivity index (χ3v) is 5.73. The Labute approximate surface area is 186 Å². The summed E-state index contributed by atoms with van der Waals surface area (Å²) in [5.74, 6) is 0.555. The van der Waals surface area contributed by atoms with Gasteiger partial charge in [0.05, 0.1) is 17.2 Å². The summed E-state index contributed by atoms with van der Waals surface area (Å²) < 4.78 is 18.0. The number of para-hydroxylation sites is 1. The zero-order chi connectivity index (χ0) is 21.2. The molecule has 31 heavy (non-hydrogen) atoms. The summed E-state index contributed by atoms with van der Waals surface area (Å²) in [6, 6.07) is 16.9. The first-order valence-electron chi connectivity index (χ1n) is 9.44. The van der Waals surface area contributed by atoms with Crippen LogP contribution in [0.5, 0.6) is 5.75 Å². The van der Waals surface area contributed by atoms with Crippen molar-refractivity contribution in [2.45, 2.75) is 13.2 Å². The van der Waals surface area contributed by atoms with E-state index in [0.717, 1.165) is 16.1 Å². The van der Waals surface area contributed by atoms with Crippen LogP contribution >= 0.6 is 22.9 Å². The van der Waals surface area contributed by atoms with Crippen LogP contribution in [0.2, 0.25) is 5.02 Å². The molecular weight excluding hydrogens is 438 g/mol. The van der Waals surface area contributed by atoms with E-state index in [2.05, 4.69) is 10.1 Å². The Balaban J connectivity index is 1.42. The highest BCUT2D eigenvalue weighted by Crippen LogP contribution is 2.32. The van der Waals surface area contributed by atoms with Gasteiger partial charge >= 0.3 is 5.97 Å². The second-order valence-electron chi connectivity index (χ2n) is 6.72. The number of esters is 1. The van der Waals surface area contributed by atoms with Crippen LogP contribution in [0.15, 0.2) is 60.0 Å². The Morgan fingerprint density at radius 3 is 2.87 bits per heavy atom. The van der Waals surface area contributed by atoms with Gasteiger partial charge in [0.1, 0.15) is 12.4 Å². The van der Waals surface area contributed by atoms with E-state index in [-0.39, 0.29) is 19.2 Å². The van der Waals surface area contributed by atoms with Crippen LogP contribution < -0.4 is 4.74 Å². The van der Waals surface area contributed by atoms with Crippen LogP contribution in [0.4, 0.5) is 0 Å². The van der Waals surface area contributed by atoms with Crippen molar-refractivity contribution in [1.29, 1.82) is 0 Å². The SMILES string of the molecule is O=C(OCc1cc(Cl)cc2c1OCOC2)c1nc(-c2cccs2)n(-c2ccccc2)n1. The van der Waals surface area contributed by atoms with Gasteiger partial charge in [0.2, 0.25) is 0 Å². The molecule has 0 bridgehead atoms. The molecular formula is C22H16ClN3O4S. The molecule has 0 spiro atoms. The third kappa shape index (κ3) is 4.05. The molecule has 1 aliphatic heterocycles. The predicted molar refractivity (Wildman–Crippen MR) is 116 cm³/mol. The lowest BCUT2D eigenvalue weighted by Crippen LogP contribution is -2.15. The number of rotatable bonds is 5. The molecule has 0 saturated heterocycles. The van der Waals surface area contributed by atoms with Crippen molar-refractivity contribution in [2.24, 2.45) is 0 Å². The summed E-state index contributed by atoms with van der Waals surface area (Å²) in [7, 11) is 0. The van der Waals surface area contributed by atoms with E-state index in [1.807, 2.05) is 47.8 Å². The highest BCUT2D eigenvalue weighted by Gasteiger charge is 2.22. The molecule has 0 unspecified atom stereocenters. The zero-order valence-electron chi connectivity index (χ0n) is 16.2. The zero-order valence-corrected chi connectivity index (χ0v) is 17.7. The van der Waals surface area contributed by atoms with E-state index in [4.69, 9.17) is 25.8 Å². The van der Waals surface area contributed by atoms with Gasteiger partial charge in [-0.1, -0.05) is 35.9 Å². The van der Waals surface area contributed by atoms with Gasteiger partial charge in [-0.3, -0.25) is 0 Å². The molecule has 1 aliphatic rings. The summed E-state index contributed by atoms with van der Waals surface area (Å²) in [5.41, 5.74) is 2.28. The van der Waals surface area contributed by atoms with Gasteiger partial charge in [0.25, 0.3) is 5.82 Å². The van der Waals surface area contributed by atoms with Crippen LogP contribution in [-0.2, 0) is 22.7 Å². The second-order valence-corrected chi connectivity index (χ2v) is 8.11. The van der Waals surface area contributed by atoms with Crippen molar-refractivity contribution in [1.82, 2.24) is 14.8 Å². The van der Waals surface area contributed by atoms with Crippen molar-refractivity contribution < 1.29 is 19.0 Å². The molecule has 0 fully saturated rings. The van der Waals surface area contributed by atoms with Crippen LogP contribution in [0.25, 0.3) is 16.4 Å². The summed E-state index contributed by atoms with van der Waals surface area (Å²) >= 11 is 7.70. The topological polar surface area (TPSA) is 75.5 Å². The Hall–Kier alpha value is -3.20. The molecule has 5 rings (SSSR count). The van der Waals surface area contributed by atoms with Gasteiger partial charge in [0.15, 0.2) is 12.6 Å². The number of carbonyl (C=O) groups excluding carboxylic acids is 1. The van der Waals surface area contributed by atoms with E-state index in [9.17, 15) is 4.79 Å². The number of fused-ring (bicyclic) bond motifs is 1. The minimum Gasteiger partial charge on any atom is -0.467 e. The van der Waals surface area contributed by atoms with E-state index in [1.165, 1.54) is 11.3 Å². The quantitative estimate of drug-likeness (QED) is 0.401. The predicted octanol–water partition coefficient (Wildman–Crippen LogP) is 4.87. The fourth-order valence-electron chi connectivity index (χ4n) is 3.28. The lowest BCUT2D eigenvalue weighted by molar-refractivity contribution is -0.0180. The van der Waals surface area contributed by atoms with E-state index >= 15 is 0 Å². The Kier molecular flexibility index (Phi) is 5.42. The first-order chi connectivity index (χ1) is 15.2. The van der Waals surface area contributed by atoms with E-state index in [1.54, 1.807) is 16.8 Å². The smallest absolute Gasteiger partial charge is 0.378 e. The summed E-state index contributed by atoms with van der Waals surface area (Å²) in [5, 5.41) is 6.88. The Morgan fingerprint density at radius 1 is 1.19 bits per heavy atom. The fourth-order valence-corrected chi connectivity index (χ4v) is 4.25. The maximum absolute atomic E-state index is 12.8. The normalized spacial score (nSPS) is 12.8. The number of nitrogens with zero attached hydrogens (tertiary/aromatic N) is 3. The van der Waals surface area contributed by atoms with Crippen molar-refractivity contribution in [2.75, 3.05) is 6.79 Å². The number of hydrogen-bond acceptors (Lipinski definition) is 7. The van der Waals surface area contributed by atoms with Crippen LogP contribution in [0.3, 0.4) is 0 Å². The molecule has 2 aromatic heterocycles. The summed E-state index contributed by atoms with van der Waals surface area (Å²) in [6.45, 7) is 0.517. The molecule has 0 atom stereocenters. The van der Waals surface area contributed by atoms with Gasteiger partial charge in [0, 0.05) is 16.1 Å². The molecule has 2 aromatic carbocycles. The highest BCUT2D eigenvalue weighted by atomic mass is 35.5. The molecule has 9 heteroatoms. The molecule has 0 aliphatic carbocycles. The molecule has 0 amide bonds. The molecule has 0 N–H and O–H groups in total. The van der Waals surface area contributed by atoms with Gasteiger partial charge in [-0.25, -0.2) is 9.48 Å². The number of ether oxygens (including phenoxy) is 3. The summed E-state index contributed by atoms with van der Waals surface area (Å²) in [4.78, 5) is 18.1. The van der Waals surface area contributed by atoms with Gasteiger partial charge < -0.3 is 14.2 Å². The number of aromatic nitrogens is 3. The van der Waals surface area contributed by atoms with Crippen LogP contribution in [0, 0.1) is 0 Å². The molecule has 3 heterocycles. The maximum Gasteiger partial charge on any atom is 0.378 e. The highest BCUT2D eigenvalue weighted by molar-refractivity contribution is 7.13. The van der Waals surface area contributed by atoms with Crippen molar-refractivity contribution in [3.63, 3.8) is 0 Å². The van der Waals surface area contributed by atoms with Crippen LogP contribution in [-0.4, -0.2) is 27.5 Å². The molecule has 0 saturated carbocycles. The molecule has 4 aromatic rings. The Bertz CT molecular complexity index is 1230. The largest absolute Gasteiger partial charge is 0.467 e. The van der Waals surface area contributed by atoms with E-state index < -0.39 is 5.97 Å². The minimum absolute atomic E-state index is 0.0179. The number of carbonyl (C=O) groups is 1. The molecule has 7 nitrogen and oxygen atoms in total. The minimum atomic E-state index is -0.631. The van der Waals surface area contributed by atoms with Crippen molar-refractivity contribution in [3.05, 3.63) is 82.0 Å². The molecule has 0 radical (unpaired) electrons. The maximum atomic E-state index is 12.8.